The number of nitrogens with zero attached hydrogens (tertiary/aromatic N) is 2. The van der Waals surface area contributed by atoms with Gasteiger partial charge in [-0.05, 0) is 31.9 Å². The standard InChI is InChI=1S/C21H30N2O4S/c1-15(20(25)23(4)16-10-6-5-7-11-16)27-21(26)17-12-8-9-13-18(17)28-14-19(24)22(2)3/h8-9,12-13,15-16H,5-7,10-11,14H2,1-4H3/t15-/m1/s1. The molecule has 1 aromatic carbocycles. The number of thioether (sulfide) groups is 1. The van der Waals surface area contributed by atoms with Crippen molar-refractivity contribution in [2.75, 3.05) is 26.9 Å². The second-order valence-electron chi connectivity index (χ2n) is 7.36. The van der Waals surface area contributed by atoms with Crippen LogP contribution in [0.2, 0.25) is 0 Å². The van der Waals surface area contributed by atoms with Gasteiger partial charge in [-0.2, -0.15) is 0 Å². The number of hydrogen-bond donors (Lipinski definition) is 0. The molecule has 28 heavy (non-hydrogen) atoms. The van der Waals surface area contributed by atoms with E-state index in [2.05, 4.69) is 0 Å². The number of esters is 1. The molecule has 0 saturated heterocycles. The first-order chi connectivity index (χ1) is 13.3. The van der Waals surface area contributed by atoms with Gasteiger partial charge < -0.3 is 14.5 Å². The van der Waals surface area contributed by atoms with E-state index in [1.165, 1.54) is 23.1 Å². The molecular weight excluding hydrogens is 376 g/mol. The first-order valence-electron chi connectivity index (χ1n) is 9.71. The minimum atomic E-state index is -0.846. The molecule has 0 radical (unpaired) electrons. The maximum absolute atomic E-state index is 12.7. The first-order valence-corrected chi connectivity index (χ1v) is 10.7. The molecule has 154 valence electrons. The van der Waals surface area contributed by atoms with Crippen LogP contribution in [-0.4, -0.2) is 66.6 Å². The van der Waals surface area contributed by atoms with Crippen molar-refractivity contribution in [3.8, 4) is 0 Å². The van der Waals surface area contributed by atoms with Gasteiger partial charge in [0.25, 0.3) is 5.91 Å². The van der Waals surface area contributed by atoms with Crippen molar-refractivity contribution in [2.24, 2.45) is 0 Å². The van der Waals surface area contributed by atoms with E-state index in [9.17, 15) is 14.4 Å². The molecule has 7 heteroatoms. The van der Waals surface area contributed by atoms with Gasteiger partial charge in [-0.3, -0.25) is 9.59 Å². The Morgan fingerprint density at radius 3 is 2.39 bits per heavy atom. The molecule has 1 aliphatic rings. The van der Waals surface area contributed by atoms with Crippen LogP contribution >= 0.6 is 11.8 Å². The summed E-state index contributed by atoms with van der Waals surface area (Å²) in [4.78, 5) is 41.1. The Morgan fingerprint density at radius 2 is 1.75 bits per heavy atom. The molecule has 2 amide bonds. The van der Waals surface area contributed by atoms with E-state index in [0.717, 1.165) is 25.7 Å². The van der Waals surface area contributed by atoms with Gasteiger partial charge in [0.2, 0.25) is 5.91 Å². The predicted molar refractivity (Wildman–Crippen MR) is 110 cm³/mol. The van der Waals surface area contributed by atoms with E-state index < -0.39 is 12.1 Å². The van der Waals surface area contributed by atoms with Crippen molar-refractivity contribution in [3.63, 3.8) is 0 Å². The topological polar surface area (TPSA) is 66.9 Å². The monoisotopic (exact) mass is 406 g/mol. The predicted octanol–water partition coefficient (Wildman–Crippen LogP) is 3.20. The number of benzene rings is 1. The molecule has 1 fully saturated rings. The zero-order valence-electron chi connectivity index (χ0n) is 17.1. The summed E-state index contributed by atoms with van der Waals surface area (Å²) >= 11 is 1.29. The van der Waals surface area contributed by atoms with E-state index >= 15 is 0 Å². The fourth-order valence-electron chi connectivity index (χ4n) is 3.24. The SMILES string of the molecule is C[C@@H](OC(=O)c1ccccc1SCC(=O)N(C)C)C(=O)N(C)C1CCCCC1. The zero-order chi connectivity index (χ0) is 20.7. The smallest absolute Gasteiger partial charge is 0.340 e. The van der Waals surface area contributed by atoms with Gasteiger partial charge >= 0.3 is 5.97 Å². The minimum Gasteiger partial charge on any atom is -0.449 e. The van der Waals surface area contributed by atoms with Crippen LogP contribution in [0.3, 0.4) is 0 Å². The molecule has 1 saturated carbocycles. The molecule has 0 unspecified atom stereocenters. The number of ether oxygens (including phenoxy) is 1. The zero-order valence-corrected chi connectivity index (χ0v) is 18.0. The second kappa shape index (κ2) is 10.5. The lowest BCUT2D eigenvalue weighted by molar-refractivity contribution is -0.141. The van der Waals surface area contributed by atoms with E-state index in [4.69, 9.17) is 4.74 Å². The van der Waals surface area contributed by atoms with Crippen LogP contribution < -0.4 is 0 Å². The van der Waals surface area contributed by atoms with Crippen molar-refractivity contribution in [1.29, 1.82) is 0 Å². The summed E-state index contributed by atoms with van der Waals surface area (Å²) in [5.41, 5.74) is 0.374. The Hall–Kier alpha value is -2.02. The number of carbonyl (C=O) groups excluding carboxylic acids is 3. The maximum atomic E-state index is 12.7. The maximum Gasteiger partial charge on any atom is 0.340 e. The molecule has 0 aliphatic heterocycles. The molecule has 1 aliphatic carbocycles. The highest BCUT2D eigenvalue weighted by Gasteiger charge is 2.28. The number of amides is 2. The molecule has 6 nitrogen and oxygen atoms in total. The lowest BCUT2D eigenvalue weighted by Gasteiger charge is -2.32. The van der Waals surface area contributed by atoms with Crippen molar-refractivity contribution in [3.05, 3.63) is 29.8 Å². The third-order valence-electron chi connectivity index (χ3n) is 5.06. The largest absolute Gasteiger partial charge is 0.449 e. The average Bonchev–Trinajstić information content (AvgIpc) is 2.71. The van der Waals surface area contributed by atoms with Crippen molar-refractivity contribution < 1.29 is 19.1 Å². The lowest BCUT2D eigenvalue weighted by Crippen LogP contribution is -2.44. The van der Waals surface area contributed by atoms with Gasteiger partial charge in [0, 0.05) is 32.1 Å². The van der Waals surface area contributed by atoms with Crippen molar-refractivity contribution in [1.82, 2.24) is 9.80 Å². The number of carbonyl (C=O) groups is 3. The van der Waals surface area contributed by atoms with E-state index in [1.807, 2.05) is 6.07 Å². The summed E-state index contributed by atoms with van der Waals surface area (Å²) in [6, 6.07) is 7.22. The highest BCUT2D eigenvalue weighted by atomic mass is 32.2. The first kappa shape index (κ1) is 22.3. The third-order valence-corrected chi connectivity index (χ3v) is 6.12. The third kappa shape index (κ3) is 5.99. The van der Waals surface area contributed by atoms with Gasteiger partial charge in [0.05, 0.1) is 11.3 Å². The summed E-state index contributed by atoms with van der Waals surface area (Å²) in [6.07, 6.45) is 4.64. The van der Waals surface area contributed by atoms with Crippen LogP contribution in [0.1, 0.15) is 49.4 Å². The van der Waals surface area contributed by atoms with E-state index in [1.54, 1.807) is 51.2 Å². The molecular formula is C21H30N2O4S. The van der Waals surface area contributed by atoms with Crippen molar-refractivity contribution >= 4 is 29.5 Å². The summed E-state index contributed by atoms with van der Waals surface area (Å²) in [7, 11) is 5.18. The van der Waals surface area contributed by atoms with Gasteiger partial charge in [0.15, 0.2) is 6.10 Å². The molecule has 0 N–H and O–H groups in total. The molecule has 1 atom stereocenters. The fraction of sp³-hybridized carbons (Fsp3) is 0.571. The summed E-state index contributed by atoms with van der Waals surface area (Å²) < 4.78 is 5.47. The Labute approximate surface area is 171 Å². The normalized spacial score (nSPS) is 15.6. The van der Waals surface area contributed by atoms with Crippen LogP contribution in [0.25, 0.3) is 0 Å². The van der Waals surface area contributed by atoms with Gasteiger partial charge in [0.1, 0.15) is 0 Å². The van der Waals surface area contributed by atoms with E-state index in [0.29, 0.717) is 10.5 Å². The Morgan fingerprint density at radius 1 is 1.11 bits per heavy atom. The van der Waals surface area contributed by atoms with Crippen LogP contribution in [0, 0.1) is 0 Å². The molecule has 1 aromatic rings. The Kier molecular flexibility index (Phi) is 8.35. The fourth-order valence-corrected chi connectivity index (χ4v) is 4.26. The van der Waals surface area contributed by atoms with Gasteiger partial charge in [-0.1, -0.05) is 31.4 Å². The van der Waals surface area contributed by atoms with E-state index in [-0.39, 0.29) is 23.6 Å². The van der Waals surface area contributed by atoms with Crippen LogP contribution in [-0.2, 0) is 14.3 Å². The summed E-state index contributed by atoms with van der Waals surface area (Å²) in [5.74, 6) is -0.520. The second-order valence-corrected chi connectivity index (χ2v) is 8.38. The Balaban J connectivity index is 1.99. The molecule has 2 rings (SSSR count). The highest BCUT2D eigenvalue weighted by Crippen LogP contribution is 2.25. The quantitative estimate of drug-likeness (QED) is 0.514. The lowest BCUT2D eigenvalue weighted by atomic mass is 9.94. The van der Waals surface area contributed by atoms with Crippen LogP contribution in [0.4, 0.5) is 0 Å². The molecule has 0 bridgehead atoms. The molecule has 0 aromatic heterocycles. The number of likely N-dealkylation sites (N-methyl/N-ethyl adjacent to an activating group) is 1. The van der Waals surface area contributed by atoms with Gasteiger partial charge in [-0.25, -0.2) is 4.79 Å². The summed E-state index contributed by atoms with van der Waals surface area (Å²) in [5, 5.41) is 0. The average molecular weight is 407 g/mol. The van der Waals surface area contributed by atoms with Crippen molar-refractivity contribution in [2.45, 2.75) is 56.1 Å². The Bertz CT molecular complexity index is 701. The van der Waals surface area contributed by atoms with Crippen LogP contribution in [0.15, 0.2) is 29.2 Å². The summed E-state index contributed by atoms with van der Waals surface area (Å²) in [6.45, 7) is 1.62. The highest BCUT2D eigenvalue weighted by molar-refractivity contribution is 8.00. The number of rotatable bonds is 7. The minimum absolute atomic E-state index is 0.0363. The van der Waals surface area contributed by atoms with Crippen LogP contribution in [0.5, 0.6) is 0 Å². The molecule has 0 heterocycles. The van der Waals surface area contributed by atoms with Gasteiger partial charge in [-0.15, -0.1) is 11.8 Å². The number of hydrogen-bond acceptors (Lipinski definition) is 5. The molecule has 0 spiro atoms.